The van der Waals surface area contributed by atoms with Crippen molar-refractivity contribution in [3.63, 3.8) is 0 Å². The van der Waals surface area contributed by atoms with Crippen LogP contribution >= 0.6 is 0 Å². The molecule has 19 heavy (non-hydrogen) atoms. The summed E-state index contributed by atoms with van der Waals surface area (Å²) in [5.41, 5.74) is 0.0877. The Morgan fingerprint density at radius 3 is 2.68 bits per heavy atom. The molecular formula is C15H20O4. The molecule has 2 bridgehead atoms. The minimum Gasteiger partial charge on any atom is -0.478 e. The highest BCUT2D eigenvalue weighted by Gasteiger charge is 2.57. The van der Waals surface area contributed by atoms with Crippen molar-refractivity contribution >= 4 is 11.8 Å². The molecule has 0 aromatic carbocycles. The normalized spacial score (nSPS) is 39.0. The van der Waals surface area contributed by atoms with Gasteiger partial charge in [-0.1, -0.05) is 19.1 Å². The van der Waals surface area contributed by atoms with Crippen molar-refractivity contribution in [2.75, 3.05) is 6.61 Å². The van der Waals surface area contributed by atoms with E-state index in [1.54, 1.807) is 6.92 Å². The molecule has 0 aromatic rings. The number of fused-ring (bicyclic) bond motifs is 2. The van der Waals surface area contributed by atoms with Crippen molar-refractivity contribution in [2.45, 2.75) is 39.2 Å². The van der Waals surface area contributed by atoms with Gasteiger partial charge in [-0.2, -0.15) is 0 Å². The molecule has 1 N–H and O–H groups in total. The highest BCUT2D eigenvalue weighted by molar-refractivity contribution is 5.82. The fourth-order valence-corrected chi connectivity index (χ4v) is 3.40. The summed E-state index contributed by atoms with van der Waals surface area (Å²) in [7, 11) is 0. The lowest BCUT2D eigenvalue weighted by atomic mass is 9.63. The number of hydrogen-bond acceptors (Lipinski definition) is 3. The Morgan fingerprint density at radius 2 is 2.11 bits per heavy atom. The zero-order chi connectivity index (χ0) is 14.3. The molecule has 2 fully saturated rings. The number of carbonyl (C=O) groups excluding carboxylic acids is 1. The zero-order valence-corrected chi connectivity index (χ0v) is 11.6. The van der Waals surface area contributed by atoms with Crippen molar-refractivity contribution < 1.29 is 19.4 Å². The number of Topliss-reactive ketones (excluding diaryl/α,β-unsaturated/α-hetero) is 1. The van der Waals surface area contributed by atoms with Crippen LogP contribution < -0.4 is 0 Å². The Balaban J connectivity index is 2.23. The quantitative estimate of drug-likeness (QED) is 0.627. The van der Waals surface area contributed by atoms with E-state index in [0.717, 1.165) is 0 Å². The molecule has 0 aromatic heterocycles. The van der Waals surface area contributed by atoms with Gasteiger partial charge in [0.1, 0.15) is 5.78 Å². The van der Waals surface area contributed by atoms with Gasteiger partial charge in [-0.25, -0.2) is 4.79 Å². The Kier molecular flexibility index (Phi) is 3.39. The molecule has 104 valence electrons. The highest BCUT2D eigenvalue weighted by atomic mass is 16.5. The largest absolute Gasteiger partial charge is 0.478 e. The van der Waals surface area contributed by atoms with E-state index in [1.807, 2.05) is 19.1 Å². The van der Waals surface area contributed by atoms with Crippen LogP contribution in [0.25, 0.3) is 0 Å². The monoisotopic (exact) mass is 264 g/mol. The fourth-order valence-electron chi connectivity index (χ4n) is 3.40. The molecule has 1 saturated carbocycles. The van der Waals surface area contributed by atoms with Gasteiger partial charge in [-0.15, -0.1) is 0 Å². The summed E-state index contributed by atoms with van der Waals surface area (Å²) in [5, 5.41) is 8.69. The standard InChI is InChI=1S/C15H20O4/c1-10(6-13(17)18)4-5-12-14(2)7-11(16)8-15(12,3)19-9-14/h4-6,12H,7-9H2,1-3H3,(H,17,18). The number of carboxylic acid groups (broad SMARTS) is 1. The Bertz CT molecular complexity index is 455. The zero-order valence-electron chi connectivity index (χ0n) is 11.6. The Labute approximate surface area is 113 Å². The van der Waals surface area contributed by atoms with Gasteiger partial charge >= 0.3 is 5.97 Å². The van der Waals surface area contributed by atoms with Crippen LogP contribution in [0, 0.1) is 11.3 Å². The van der Waals surface area contributed by atoms with Gasteiger partial charge in [0.25, 0.3) is 0 Å². The maximum Gasteiger partial charge on any atom is 0.328 e. The van der Waals surface area contributed by atoms with Crippen molar-refractivity contribution in [1.82, 2.24) is 0 Å². The third-order valence-corrected chi connectivity index (χ3v) is 4.19. The molecule has 1 aliphatic carbocycles. The lowest BCUT2D eigenvalue weighted by Gasteiger charge is -2.39. The summed E-state index contributed by atoms with van der Waals surface area (Å²) in [5.74, 6) is -0.544. The summed E-state index contributed by atoms with van der Waals surface area (Å²) < 4.78 is 5.86. The van der Waals surface area contributed by atoms with E-state index in [9.17, 15) is 9.59 Å². The third-order valence-electron chi connectivity index (χ3n) is 4.19. The van der Waals surface area contributed by atoms with Gasteiger partial charge in [0.05, 0.1) is 12.2 Å². The number of rotatable bonds is 3. The van der Waals surface area contributed by atoms with Crippen LogP contribution in [-0.4, -0.2) is 29.1 Å². The maximum atomic E-state index is 11.8. The second kappa shape index (κ2) is 4.60. The molecule has 2 rings (SSSR count). The predicted octanol–water partition coefficient (Wildman–Crippen LogP) is 2.35. The summed E-state index contributed by atoms with van der Waals surface area (Å²) in [6.45, 7) is 6.39. The summed E-state index contributed by atoms with van der Waals surface area (Å²) in [6.07, 6.45) is 5.99. The van der Waals surface area contributed by atoms with E-state index in [-0.39, 0.29) is 17.1 Å². The lowest BCUT2D eigenvalue weighted by Crippen LogP contribution is -2.44. The minimum atomic E-state index is -0.947. The molecule has 0 radical (unpaired) electrons. The molecule has 1 aliphatic heterocycles. The van der Waals surface area contributed by atoms with Gasteiger partial charge in [-0.3, -0.25) is 4.79 Å². The van der Waals surface area contributed by atoms with Gasteiger partial charge in [0, 0.05) is 30.3 Å². The number of ketones is 1. The average molecular weight is 264 g/mol. The average Bonchev–Trinajstić information content (AvgIpc) is 2.38. The first kappa shape index (κ1) is 14.0. The van der Waals surface area contributed by atoms with Crippen molar-refractivity contribution in [2.24, 2.45) is 11.3 Å². The molecule has 4 nitrogen and oxygen atoms in total. The topological polar surface area (TPSA) is 63.6 Å². The van der Waals surface area contributed by atoms with E-state index < -0.39 is 11.6 Å². The van der Waals surface area contributed by atoms with Gasteiger partial charge < -0.3 is 9.84 Å². The van der Waals surface area contributed by atoms with E-state index in [1.165, 1.54) is 6.08 Å². The molecular weight excluding hydrogens is 244 g/mol. The van der Waals surface area contributed by atoms with E-state index in [0.29, 0.717) is 25.0 Å². The highest BCUT2D eigenvalue weighted by Crippen LogP contribution is 2.53. The second-order valence-electron chi connectivity index (χ2n) is 6.21. The van der Waals surface area contributed by atoms with Crippen molar-refractivity contribution in [1.29, 1.82) is 0 Å². The molecule has 2 aliphatic rings. The van der Waals surface area contributed by atoms with E-state index in [4.69, 9.17) is 9.84 Å². The van der Waals surface area contributed by atoms with Crippen LogP contribution in [0.2, 0.25) is 0 Å². The van der Waals surface area contributed by atoms with Crippen molar-refractivity contribution in [3.05, 3.63) is 23.8 Å². The number of ether oxygens (including phenoxy) is 1. The molecule has 0 spiro atoms. The summed E-state index contributed by atoms with van der Waals surface area (Å²) in [4.78, 5) is 22.4. The summed E-state index contributed by atoms with van der Waals surface area (Å²) in [6, 6.07) is 0. The number of allylic oxidation sites excluding steroid dienone is 2. The number of carbonyl (C=O) groups is 2. The van der Waals surface area contributed by atoms with Gasteiger partial charge in [0.2, 0.25) is 0 Å². The minimum absolute atomic E-state index is 0.148. The number of hydrogen-bond donors (Lipinski definition) is 1. The SMILES string of the molecule is CC(C=CC1C2(C)COC1(C)CC(=O)C2)=CC(=O)O. The lowest BCUT2D eigenvalue weighted by molar-refractivity contribution is -0.131. The van der Waals surface area contributed by atoms with E-state index >= 15 is 0 Å². The van der Waals surface area contributed by atoms with E-state index in [2.05, 4.69) is 6.92 Å². The third kappa shape index (κ3) is 2.63. The molecule has 3 unspecified atom stereocenters. The smallest absolute Gasteiger partial charge is 0.328 e. The first-order valence-electron chi connectivity index (χ1n) is 6.50. The van der Waals surface area contributed by atoms with Gasteiger partial charge in [-0.05, 0) is 19.4 Å². The molecule has 4 heteroatoms. The van der Waals surface area contributed by atoms with Gasteiger partial charge in [0.15, 0.2) is 0 Å². The van der Waals surface area contributed by atoms with Crippen molar-refractivity contribution in [3.8, 4) is 0 Å². The molecule has 1 saturated heterocycles. The second-order valence-corrected chi connectivity index (χ2v) is 6.21. The number of carboxylic acids is 1. The first-order valence-corrected chi connectivity index (χ1v) is 6.50. The Morgan fingerprint density at radius 1 is 1.42 bits per heavy atom. The molecule has 0 amide bonds. The first-order chi connectivity index (χ1) is 8.75. The molecule has 3 atom stereocenters. The van der Waals surface area contributed by atoms with Crippen LogP contribution in [0.5, 0.6) is 0 Å². The van der Waals surface area contributed by atoms with Crippen LogP contribution in [0.4, 0.5) is 0 Å². The molecule has 1 heterocycles. The number of aliphatic carboxylic acids is 1. The maximum absolute atomic E-state index is 11.8. The van der Waals surface area contributed by atoms with Crippen LogP contribution in [0.15, 0.2) is 23.8 Å². The van der Waals surface area contributed by atoms with Crippen LogP contribution in [-0.2, 0) is 14.3 Å². The fraction of sp³-hybridized carbons (Fsp3) is 0.600. The van der Waals surface area contributed by atoms with Crippen LogP contribution in [0.1, 0.15) is 33.6 Å². The Hall–Kier alpha value is -1.42. The van der Waals surface area contributed by atoms with Crippen LogP contribution in [0.3, 0.4) is 0 Å². The predicted molar refractivity (Wildman–Crippen MR) is 70.7 cm³/mol. The summed E-state index contributed by atoms with van der Waals surface area (Å²) >= 11 is 0.